The Balaban J connectivity index is 1.72. The van der Waals surface area contributed by atoms with E-state index in [4.69, 9.17) is 4.74 Å². The number of benzene rings is 1. The van der Waals surface area contributed by atoms with Crippen LogP contribution in [-0.4, -0.2) is 22.4 Å². The highest BCUT2D eigenvalue weighted by atomic mass is 79.9. The molecule has 1 aromatic heterocycles. The van der Waals surface area contributed by atoms with E-state index in [1.807, 2.05) is 19.2 Å². The van der Waals surface area contributed by atoms with Crippen molar-refractivity contribution in [1.29, 1.82) is 0 Å². The molecule has 0 unspecified atom stereocenters. The molecule has 1 saturated carbocycles. The first kappa shape index (κ1) is 14.6. The Kier molecular flexibility index (Phi) is 4.29. The number of fused-ring (bicyclic) bond motifs is 1. The molecule has 0 spiro atoms. The molecule has 0 N–H and O–H groups in total. The number of carbonyl (C=O) groups excluding carboxylic acids is 1. The second-order valence-electron chi connectivity index (χ2n) is 5.55. The smallest absolute Gasteiger partial charge is 0.308 e. The molecule has 2 aromatic rings. The first-order chi connectivity index (χ1) is 10.2. The third-order valence-corrected chi connectivity index (χ3v) is 4.71. The van der Waals surface area contributed by atoms with E-state index in [0.29, 0.717) is 12.6 Å². The maximum atomic E-state index is 11.8. The van der Waals surface area contributed by atoms with Gasteiger partial charge in [-0.3, -0.25) is 9.48 Å². The average Bonchev–Trinajstić information content (AvgIpc) is 2.90. The van der Waals surface area contributed by atoms with Crippen molar-refractivity contribution in [3.8, 4) is 0 Å². The summed E-state index contributed by atoms with van der Waals surface area (Å²) in [7, 11) is 0. The fraction of sp³-hybridized carbons (Fsp3) is 0.500. The molecule has 1 aliphatic carbocycles. The SMILES string of the molecule is CCOC(=O)[C@H]1CC[C@@H](n2ncc3cc(Br)ccc32)CC1. The number of hydrogen-bond acceptors (Lipinski definition) is 3. The van der Waals surface area contributed by atoms with E-state index in [1.54, 1.807) is 0 Å². The van der Waals surface area contributed by atoms with Crippen LogP contribution in [0.1, 0.15) is 38.6 Å². The van der Waals surface area contributed by atoms with E-state index in [1.165, 1.54) is 0 Å². The molecule has 1 fully saturated rings. The van der Waals surface area contributed by atoms with Crippen LogP contribution in [0.3, 0.4) is 0 Å². The average molecular weight is 351 g/mol. The first-order valence-corrected chi connectivity index (χ1v) is 8.27. The Morgan fingerprint density at radius 1 is 1.38 bits per heavy atom. The quantitative estimate of drug-likeness (QED) is 0.783. The summed E-state index contributed by atoms with van der Waals surface area (Å²) in [4.78, 5) is 11.8. The normalized spacial score (nSPS) is 22.4. The van der Waals surface area contributed by atoms with Gasteiger partial charge in [-0.1, -0.05) is 15.9 Å². The zero-order valence-corrected chi connectivity index (χ0v) is 13.7. The number of rotatable bonds is 3. The predicted octanol–water partition coefficient (Wildman–Crippen LogP) is 4.09. The van der Waals surface area contributed by atoms with E-state index >= 15 is 0 Å². The van der Waals surface area contributed by atoms with Crippen molar-refractivity contribution in [2.24, 2.45) is 5.92 Å². The van der Waals surface area contributed by atoms with Crippen LogP contribution in [0.5, 0.6) is 0 Å². The van der Waals surface area contributed by atoms with Crippen molar-refractivity contribution >= 4 is 32.8 Å². The Hall–Kier alpha value is -1.36. The number of halogens is 1. The Morgan fingerprint density at radius 3 is 2.86 bits per heavy atom. The predicted molar refractivity (Wildman–Crippen MR) is 85.1 cm³/mol. The van der Waals surface area contributed by atoms with Crippen LogP contribution in [0.25, 0.3) is 10.9 Å². The third kappa shape index (κ3) is 2.98. The molecule has 5 heteroatoms. The molecule has 1 heterocycles. The number of esters is 1. The summed E-state index contributed by atoms with van der Waals surface area (Å²) in [6.07, 6.45) is 5.66. The fourth-order valence-corrected chi connectivity index (χ4v) is 3.51. The zero-order valence-electron chi connectivity index (χ0n) is 12.1. The van der Waals surface area contributed by atoms with Gasteiger partial charge in [0.1, 0.15) is 0 Å². The van der Waals surface area contributed by atoms with Gasteiger partial charge in [0.05, 0.1) is 30.3 Å². The molecule has 0 saturated heterocycles. The third-order valence-electron chi connectivity index (χ3n) is 4.22. The van der Waals surface area contributed by atoms with Crippen LogP contribution in [0.2, 0.25) is 0 Å². The summed E-state index contributed by atoms with van der Waals surface area (Å²) >= 11 is 3.49. The van der Waals surface area contributed by atoms with Crippen molar-refractivity contribution < 1.29 is 9.53 Å². The standard InChI is InChI=1S/C16H19BrN2O2/c1-2-21-16(20)11-3-6-14(7-4-11)19-15-8-5-13(17)9-12(15)10-18-19/h5,8-11,14H,2-4,6-7H2,1H3/t11-,14+. The molecular weight excluding hydrogens is 332 g/mol. The molecule has 4 nitrogen and oxygen atoms in total. The number of hydrogen-bond donors (Lipinski definition) is 0. The zero-order chi connectivity index (χ0) is 14.8. The molecule has 0 amide bonds. The lowest BCUT2D eigenvalue weighted by Crippen LogP contribution is -2.25. The van der Waals surface area contributed by atoms with Crippen LogP contribution in [0.15, 0.2) is 28.9 Å². The Bertz CT molecular complexity index is 645. The minimum Gasteiger partial charge on any atom is -0.466 e. The van der Waals surface area contributed by atoms with Gasteiger partial charge in [0, 0.05) is 9.86 Å². The van der Waals surface area contributed by atoms with Gasteiger partial charge in [-0.25, -0.2) is 0 Å². The van der Waals surface area contributed by atoms with Crippen LogP contribution < -0.4 is 0 Å². The molecule has 0 atom stereocenters. The largest absolute Gasteiger partial charge is 0.466 e. The highest BCUT2D eigenvalue weighted by Gasteiger charge is 2.28. The number of nitrogens with zero attached hydrogens (tertiary/aromatic N) is 2. The lowest BCUT2D eigenvalue weighted by molar-refractivity contribution is -0.149. The minimum absolute atomic E-state index is 0.0368. The van der Waals surface area contributed by atoms with Gasteiger partial charge in [-0.15, -0.1) is 0 Å². The number of aromatic nitrogens is 2. The van der Waals surface area contributed by atoms with Gasteiger partial charge in [0.25, 0.3) is 0 Å². The molecule has 3 rings (SSSR count). The van der Waals surface area contributed by atoms with Crippen molar-refractivity contribution in [3.63, 3.8) is 0 Å². The van der Waals surface area contributed by atoms with Crippen LogP contribution in [-0.2, 0) is 9.53 Å². The van der Waals surface area contributed by atoms with E-state index < -0.39 is 0 Å². The highest BCUT2D eigenvalue weighted by Crippen LogP contribution is 2.34. The van der Waals surface area contributed by atoms with Gasteiger partial charge in [-0.05, 0) is 50.8 Å². The summed E-state index contributed by atoms with van der Waals surface area (Å²) in [5, 5.41) is 5.70. The molecule has 0 bridgehead atoms. The van der Waals surface area contributed by atoms with Gasteiger partial charge in [0.15, 0.2) is 0 Å². The summed E-state index contributed by atoms with van der Waals surface area (Å²) in [5.41, 5.74) is 1.16. The molecule has 21 heavy (non-hydrogen) atoms. The minimum atomic E-state index is -0.0368. The lowest BCUT2D eigenvalue weighted by atomic mass is 9.86. The number of ether oxygens (including phenoxy) is 1. The molecule has 1 aromatic carbocycles. The van der Waals surface area contributed by atoms with Crippen molar-refractivity contribution in [3.05, 3.63) is 28.9 Å². The maximum absolute atomic E-state index is 11.8. The Morgan fingerprint density at radius 2 is 2.14 bits per heavy atom. The van der Waals surface area contributed by atoms with Crippen molar-refractivity contribution in [2.45, 2.75) is 38.6 Å². The van der Waals surface area contributed by atoms with E-state index in [-0.39, 0.29) is 11.9 Å². The lowest BCUT2D eigenvalue weighted by Gasteiger charge is -2.27. The summed E-state index contributed by atoms with van der Waals surface area (Å²) in [6.45, 7) is 2.33. The van der Waals surface area contributed by atoms with E-state index in [0.717, 1.165) is 41.1 Å². The van der Waals surface area contributed by atoms with E-state index in [2.05, 4.69) is 37.8 Å². The molecule has 1 aliphatic rings. The molecule has 0 radical (unpaired) electrons. The summed E-state index contributed by atoms with van der Waals surface area (Å²) in [5.74, 6) is 0.0300. The summed E-state index contributed by atoms with van der Waals surface area (Å²) in [6, 6.07) is 6.62. The van der Waals surface area contributed by atoms with Gasteiger partial charge < -0.3 is 4.74 Å². The second-order valence-corrected chi connectivity index (χ2v) is 6.47. The molecule has 0 aliphatic heterocycles. The summed E-state index contributed by atoms with van der Waals surface area (Å²) < 4.78 is 8.31. The molecular formula is C16H19BrN2O2. The number of carbonyl (C=O) groups is 1. The first-order valence-electron chi connectivity index (χ1n) is 7.48. The Labute approximate surface area is 132 Å². The van der Waals surface area contributed by atoms with Gasteiger partial charge >= 0.3 is 5.97 Å². The monoisotopic (exact) mass is 350 g/mol. The topological polar surface area (TPSA) is 44.1 Å². The maximum Gasteiger partial charge on any atom is 0.308 e. The highest BCUT2D eigenvalue weighted by molar-refractivity contribution is 9.10. The van der Waals surface area contributed by atoms with Gasteiger partial charge in [-0.2, -0.15) is 5.10 Å². The molecule has 112 valence electrons. The van der Waals surface area contributed by atoms with Gasteiger partial charge in [0.2, 0.25) is 0 Å². The fourth-order valence-electron chi connectivity index (χ4n) is 3.13. The van der Waals surface area contributed by atoms with Crippen LogP contribution >= 0.6 is 15.9 Å². The van der Waals surface area contributed by atoms with Crippen LogP contribution in [0.4, 0.5) is 0 Å². The van der Waals surface area contributed by atoms with Crippen LogP contribution in [0, 0.1) is 5.92 Å². The second kappa shape index (κ2) is 6.18. The van der Waals surface area contributed by atoms with Crippen molar-refractivity contribution in [1.82, 2.24) is 9.78 Å². The van der Waals surface area contributed by atoms with Crippen molar-refractivity contribution in [2.75, 3.05) is 6.61 Å². The van der Waals surface area contributed by atoms with E-state index in [9.17, 15) is 4.79 Å².